The smallest absolute Gasteiger partial charge is 0.339 e. The first-order valence-electron chi connectivity index (χ1n) is 4.86. The molecule has 90 valence electrons. The van der Waals surface area contributed by atoms with Gasteiger partial charge >= 0.3 is 5.97 Å². The van der Waals surface area contributed by atoms with Crippen LogP contribution in [0.2, 0.25) is 0 Å². The van der Waals surface area contributed by atoms with Gasteiger partial charge < -0.3 is 14.6 Å². The summed E-state index contributed by atoms with van der Waals surface area (Å²) in [5, 5.41) is 9.07. The standard InChI is InChI=1S/C12H11BrO4/c1-3-5-17-11-9(12(14)15)6-8(13)7-10(11)16-4-2/h1,6-7H,4-5H2,2H3,(H,14,15). The minimum Gasteiger partial charge on any atom is -0.490 e. The quantitative estimate of drug-likeness (QED) is 0.849. The summed E-state index contributed by atoms with van der Waals surface area (Å²) in [5.41, 5.74) is 0.0121. The van der Waals surface area contributed by atoms with Gasteiger partial charge in [0.05, 0.1) is 6.61 Å². The molecule has 0 saturated carbocycles. The van der Waals surface area contributed by atoms with Crippen molar-refractivity contribution in [2.24, 2.45) is 0 Å². The highest BCUT2D eigenvalue weighted by molar-refractivity contribution is 9.10. The van der Waals surface area contributed by atoms with Gasteiger partial charge in [-0.1, -0.05) is 21.9 Å². The summed E-state index contributed by atoms with van der Waals surface area (Å²) in [6, 6.07) is 3.08. The lowest BCUT2D eigenvalue weighted by Gasteiger charge is -2.13. The van der Waals surface area contributed by atoms with Crippen LogP contribution in [0.15, 0.2) is 16.6 Å². The first kappa shape index (κ1) is 13.4. The molecule has 0 aliphatic heterocycles. The van der Waals surface area contributed by atoms with Crippen LogP contribution >= 0.6 is 15.9 Å². The van der Waals surface area contributed by atoms with E-state index in [0.717, 1.165) is 0 Å². The molecule has 0 saturated heterocycles. The maximum atomic E-state index is 11.1. The first-order chi connectivity index (χ1) is 8.10. The number of rotatable bonds is 5. The van der Waals surface area contributed by atoms with Gasteiger partial charge in [-0.05, 0) is 19.1 Å². The van der Waals surface area contributed by atoms with Crippen molar-refractivity contribution in [1.82, 2.24) is 0 Å². The van der Waals surface area contributed by atoms with E-state index in [1.807, 2.05) is 0 Å². The maximum absolute atomic E-state index is 11.1. The first-order valence-corrected chi connectivity index (χ1v) is 5.65. The Labute approximate surface area is 108 Å². The second-order valence-electron chi connectivity index (χ2n) is 3.01. The third-order valence-electron chi connectivity index (χ3n) is 1.85. The Hall–Kier alpha value is -1.67. The second-order valence-corrected chi connectivity index (χ2v) is 3.93. The molecule has 0 aromatic heterocycles. The van der Waals surface area contributed by atoms with Crippen LogP contribution in [-0.4, -0.2) is 24.3 Å². The monoisotopic (exact) mass is 298 g/mol. The average Bonchev–Trinajstić information content (AvgIpc) is 2.27. The van der Waals surface area contributed by atoms with Crippen molar-refractivity contribution in [1.29, 1.82) is 0 Å². The van der Waals surface area contributed by atoms with Crippen LogP contribution in [0.25, 0.3) is 0 Å². The predicted octanol–water partition coefficient (Wildman–Crippen LogP) is 2.56. The molecule has 0 aliphatic carbocycles. The third-order valence-corrected chi connectivity index (χ3v) is 2.31. The molecule has 4 nitrogen and oxygen atoms in total. The second kappa shape index (κ2) is 6.16. The summed E-state index contributed by atoms with van der Waals surface area (Å²) in [4.78, 5) is 11.1. The van der Waals surface area contributed by atoms with Crippen LogP contribution in [0.1, 0.15) is 17.3 Å². The van der Waals surface area contributed by atoms with E-state index < -0.39 is 5.97 Å². The number of hydrogen-bond donors (Lipinski definition) is 1. The zero-order chi connectivity index (χ0) is 12.8. The van der Waals surface area contributed by atoms with E-state index >= 15 is 0 Å². The molecule has 0 aliphatic rings. The van der Waals surface area contributed by atoms with Crippen molar-refractivity contribution < 1.29 is 19.4 Å². The van der Waals surface area contributed by atoms with Crippen molar-refractivity contribution in [3.05, 3.63) is 22.2 Å². The lowest BCUT2D eigenvalue weighted by atomic mass is 10.2. The molecule has 0 unspecified atom stereocenters. The molecule has 0 atom stereocenters. The molecular weight excluding hydrogens is 288 g/mol. The Kier molecular flexibility index (Phi) is 4.85. The molecule has 0 amide bonds. The van der Waals surface area contributed by atoms with E-state index in [2.05, 4.69) is 21.9 Å². The fourth-order valence-corrected chi connectivity index (χ4v) is 1.69. The van der Waals surface area contributed by atoms with Gasteiger partial charge in [-0.25, -0.2) is 4.79 Å². The number of terminal acetylenes is 1. The maximum Gasteiger partial charge on any atom is 0.339 e. The van der Waals surface area contributed by atoms with Gasteiger partial charge in [-0.15, -0.1) is 6.42 Å². The van der Waals surface area contributed by atoms with Crippen LogP contribution in [0, 0.1) is 12.3 Å². The number of ether oxygens (including phenoxy) is 2. The largest absolute Gasteiger partial charge is 0.490 e. The topological polar surface area (TPSA) is 55.8 Å². The summed E-state index contributed by atoms with van der Waals surface area (Å²) in [6.07, 6.45) is 5.08. The van der Waals surface area contributed by atoms with E-state index in [1.54, 1.807) is 13.0 Å². The van der Waals surface area contributed by atoms with E-state index in [1.165, 1.54) is 6.07 Å². The highest BCUT2D eigenvalue weighted by Gasteiger charge is 2.18. The van der Waals surface area contributed by atoms with E-state index in [4.69, 9.17) is 21.0 Å². The summed E-state index contributed by atoms with van der Waals surface area (Å²) in [7, 11) is 0. The van der Waals surface area contributed by atoms with Crippen molar-refractivity contribution in [3.63, 3.8) is 0 Å². The van der Waals surface area contributed by atoms with Crippen molar-refractivity contribution in [2.45, 2.75) is 6.92 Å². The molecule has 5 heteroatoms. The SMILES string of the molecule is C#CCOc1c(OCC)cc(Br)cc1C(=O)O. The molecule has 1 rings (SSSR count). The average molecular weight is 299 g/mol. The van der Waals surface area contributed by atoms with E-state index in [9.17, 15) is 4.79 Å². The van der Waals surface area contributed by atoms with Gasteiger partial charge in [0.2, 0.25) is 0 Å². The van der Waals surface area contributed by atoms with Crippen molar-refractivity contribution in [2.75, 3.05) is 13.2 Å². The lowest BCUT2D eigenvalue weighted by Crippen LogP contribution is -2.06. The highest BCUT2D eigenvalue weighted by Crippen LogP contribution is 2.35. The molecule has 0 spiro atoms. The van der Waals surface area contributed by atoms with E-state index in [0.29, 0.717) is 16.8 Å². The van der Waals surface area contributed by atoms with Gasteiger partial charge in [0.15, 0.2) is 11.5 Å². The normalized spacial score (nSPS) is 9.47. The Balaban J connectivity index is 3.26. The minimum absolute atomic E-state index is 0.0119. The lowest BCUT2D eigenvalue weighted by molar-refractivity contribution is 0.0691. The molecule has 0 bridgehead atoms. The van der Waals surface area contributed by atoms with Gasteiger partial charge in [0.1, 0.15) is 12.2 Å². The Morgan fingerprint density at radius 1 is 1.53 bits per heavy atom. The fourth-order valence-electron chi connectivity index (χ4n) is 1.25. The predicted molar refractivity (Wildman–Crippen MR) is 66.6 cm³/mol. The summed E-state index contributed by atoms with van der Waals surface area (Å²) in [6.45, 7) is 2.19. The van der Waals surface area contributed by atoms with Crippen LogP contribution in [0.3, 0.4) is 0 Å². The van der Waals surface area contributed by atoms with Gasteiger partial charge in [-0.2, -0.15) is 0 Å². The number of carbonyl (C=O) groups is 1. The molecule has 0 fully saturated rings. The zero-order valence-corrected chi connectivity index (χ0v) is 10.8. The van der Waals surface area contributed by atoms with Gasteiger partial charge in [0.25, 0.3) is 0 Å². The number of hydrogen-bond acceptors (Lipinski definition) is 3. The highest BCUT2D eigenvalue weighted by atomic mass is 79.9. The zero-order valence-electron chi connectivity index (χ0n) is 9.20. The fraction of sp³-hybridized carbons (Fsp3) is 0.250. The Bertz CT molecular complexity index is 462. The van der Waals surface area contributed by atoms with Crippen LogP contribution in [-0.2, 0) is 0 Å². The number of aromatic carboxylic acids is 1. The molecular formula is C12H11BrO4. The molecule has 1 N–H and O–H groups in total. The van der Waals surface area contributed by atoms with Gasteiger partial charge in [0, 0.05) is 4.47 Å². The van der Waals surface area contributed by atoms with Crippen LogP contribution < -0.4 is 9.47 Å². The van der Waals surface area contributed by atoms with Crippen LogP contribution in [0.4, 0.5) is 0 Å². The summed E-state index contributed by atoms with van der Waals surface area (Å²) < 4.78 is 11.1. The Morgan fingerprint density at radius 3 is 2.76 bits per heavy atom. The summed E-state index contributed by atoms with van der Waals surface area (Å²) in [5.74, 6) is 1.70. The summed E-state index contributed by atoms with van der Waals surface area (Å²) >= 11 is 3.21. The number of carboxylic acid groups (broad SMARTS) is 1. The molecule has 17 heavy (non-hydrogen) atoms. The molecule has 1 aromatic rings. The van der Waals surface area contributed by atoms with Crippen molar-refractivity contribution in [3.8, 4) is 23.8 Å². The van der Waals surface area contributed by atoms with Crippen LogP contribution in [0.5, 0.6) is 11.5 Å². The minimum atomic E-state index is -1.10. The number of halogens is 1. The van der Waals surface area contributed by atoms with E-state index in [-0.39, 0.29) is 17.9 Å². The van der Waals surface area contributed by atoms with Gasteiger partial charge in [-0.3, -0.25) is 0 Å². The number of benzene rings is 1. The number of carboxylic acids is 1. The Morgan fingerprint density at radius 2 is 2.24 bits per heavy atom. The van der Waals surface area contributed by atoms with Crippen molar-refractivity contribution >= 4 is 21.9 Å². The third kappa shape index (κ3) is 3.40. The molecule has 1 aromatic carbocycles. The molecule has 0 heterocycles. The molecule has 0 radical (unpaired) electrons.